The fraction of sp³-hybridized carbons (Fsp3) is 0.304. The highest BCUT2D eigenvalue weighted by Gasteiger charge is 2.28. The lowest BCUT2D eigenvalue weighted by Crippen LogP contribution is -2.48. The summed E-state index contributed by atoms with van der Waals surface area (Å²) >= 11 is 12.0. The zero-order chi connectivity index (χ0) is 21.8. The van der Waals surface area contributed by atoms with Crippen LogP contribution in [0.5, 0.6) is 5.75 Å². The van der Waals surface area contributed by atoms with E-state index in [-0.39, 0.29) is 12.5 Å². The number of rotatable bonds is 6. The molecule has 0 bridgehead atoms. The summed E-state index contributed by atoms with van der Waals surface area (Å²) in [5, 5.41) is 5.34. The molecule has 162 valence electrons. The molecule has 1 aromatic heterocycles. The van der Waals surface area contributed by atoms with Gasteiger partial charge < -0.3 is 14.2 Å². The maximum atomic E-state index is 13.1. The van der Waals surface area contributed by atoms with Gasteiger partial charge in [-0.3, -0.25) is 9.69 Å². The van der Waals surface area contributed by atoms with Crippen LogP contribution in [0.2, 0.25) is 10.0 Å². The minimum atomic E-state index is -0.132. The fourth-order valence-corrected chi connectivity index (χ4v) is 3.85. The van der Waals surface area contributed by atoms with Gasteiger partial charge in [-0.25, -0.2) is 0 Å². The van der Waals surface area contributed by atoms with Gasteiger partial charge in [-0.05, 0) is 42.8 Å². The summed E-state index contributed by atoms with van der Waals surface area (Å²) < 4.78 is 11.1. The van der Waals surface area contributed by atoms with E-state index < -0.39 is 0 Å². The molecule has 0 saturated carbocycles. The number of carbonyl (C=O) groups excluding carboxylic acids is 1. The molecule has 4 rings (SSSR count). The van der Waals surface area contributed by atoms with E-state index in [0.29, 0.717) is 40.9 Å². The van der Waals surface area contributed by atoms with Crippen molar-refractivity contribution in [3.05, 3.63) is 81.2 Å². The van der Waals surface area contributed by atoms with Crippen LogP contribution in [0.15, 0.2) is 53.1 Å². The third-order valence-electron chi connectivity index (χ3n) is 5.35. The summed E-state index contributed by atoms with van der Waals surface area (Å²) in [6.07, 6.45) is 0. The second-order valence-electron chi connectivity index (χ2n) is 7.51. The molecule has 0 unspecified atom stereocenters. The van der Waals surface area contributed by atoms with E-state index in [1.54, 1.807) is 19.1 Å². The van der Waals surface area contributed by atoms with Crippen molar-refractivity contribution < 1.29 is 14.1 Å². The molecule has 1 aliphatic heterocycles. The van der Waals surface area contributed by atoms with E-state index in [0.717, 1.165) is 24.7 Å². The Bertz CT molecular complexity index is 1040. The topological polar surface area (TPSA) is 58.8 Å². The molecule has 0 N–H and O–H groups in total. The molecule has 0 radical (unpaired) electrons. The molecule has 31 heavy (non-hydrogen) atoms. The van der Waals surface area contributed by atoms with E-state index in [1.165, 1.54) is 5.56 Å². The average molecular weight is 460 g/mol. The summed E-state index contributed by atoms with van der Waals surface area (Å²) in [7, 11) is 0. The largest absolute Gasteiger partial charge is 0.489 e. The molecule has 0 atom stereocenters. The molecule has 0 spiro atoms. The number of hydrogen-bond acceptors (Lipinski definition) is 5. The van der Waals surface area contributed by atoms with Crippen molar-refractivity contribution in [1.29, 1.82) is 0 Å². The van der Waals surface area contributed by atoms with Crippen LogP contribution in [0.3, 0.4) is 0 Å². The number of piperazine rings is 1. The van der Waals surface area contributed by atoms with Gasteiger partial charge in [0.1, 0.15) is 18.1 Å². The molecular formula is C23H23Cl2N3O3. The van der Waals surface area contributed by atoms with Crippen LogP contribution in [0, 0.1) is 6.92 Å². The predicted molar refractivity (Wildman–Crippen MR) is 120 cm³/mol. The van der Waals surface area contributed by atoms with Crippen LogP contribution in [0.1, 0.15) is 27.4 Å². The third-order valence-corrected chi connectivity index (χ3v) is 5.83. The normalized spacial score (nSPS) is 14.6. The Labute approximate surface area is 191 Å². The van der Waals surface area contributed by atoms with Crippen molar-refractivity contribution in [3.63, 3.8) is 0 Å². The minimum absolute atomic E-state index is 0.132. The van der Waals surface area contributed by atoms with Gasteiger partial charge in [0.25, 0.3) is 5.91 Å². The van der Waals surface area contributed by atoms with Crippen molar-refractivity contribution in [2.45, 2.75) is 20.1 Å². The zero-order valence-electron chi connectivity index (χ0n) is 17.2. The van der Waals surface area contributed by atoms with Crippen LogP contribution < -0.4 is 4.74 Å². The molecule has 1 saturated heterocycles. The van der Waals surface area contributed by atoms with Gasteiger partial charge in [-0.2, -0.15) is 0 Å². The molecule has 3 aromatic rings. The number of ether oxygens (including phenoxy) is 1. The van der Waals surface area contributed by atoms with Gasteiger partial charge in [0, 0.05) is 42.8 Å². The predicted octanol–water partition coefficient (Wildman–Crippen LogP) is 4.83. The molecular weight excluding hydrogens is 437 g/mol. The number of hydrogen-bond donors (Lipinski definition) is 0. The lowest BCUT2D eigenvalue weighted by atomic mass is 10.1. The highest BCUT2D eigenvalue weighted by molar-refractivity contribution is 6.30. The first-order valence-electron chi connectivity index (χ1n) is 10.1. The van der Waals surface area contributed by atoms with Gasteiger partial charge in [0.05, 0.1) is 5.56 Å². The summed E-state index contributed by atoms with van der Waals surface area (Å²) in [4.78, 5) is 17.2. The van der Waals surface area contributed by atoms with Crippen molar-refractivity contribution in [3.8, 4) is 5.75 Å². The van der Waals surface area contributed by atoms with Crippen molar-refractivity contribution in [2.24, 2.45) is 0 Å². The Hall–Kier alpha value is -2.54. The van der Waals surface area contributed by atoms with Crippen molar-refractivity contribution >= 4 is 29.1 Å². The van der Waals surface area contributed by atoms with Crippen LogP contribution in [-0.2, 0) is 13.2 Å². The number of aryl methyl sites for hydroxylation is 1. The summed E-state index contributed by atoms with van der Waals surface area (Å²) in [5.74, 6) is 1.07. The van der Waals surface area contributed by atoms with Crippen molar-refractivity contribution in [2.75, 3.05) is 26.2 Å². The first kappa shape index (κ1) is 21.7. The molecule has 8 heteroatoms. The molecule has 1 aliphatic rings. The minimum Gasteiger partial charge on any atom is -0.489 e. The van der Waals surface area contributed by atoms with E-state index in [4.69, 9.17) is 32.5 Å². The number of halogens is 2. The standard InChI is InChI=1S/C23H23Cl2N3O3/c1-16-21(15-30-20-4-2-3-19(25)13-20)22(26-31-16)23(29)28-11-9-27(10-12-28)14-17-5-7-18(24)8-6-17/h2-8,13H,9-12,14-15H2,1H3. The maximum absolute atomic E-state index is 13.1. The van der Waals surface area contributed by atoms with Crippen LogP contribution in [0.4, 0.5) is 0 Å². The first-order chi connectivity index (χ1) is 15.0. The first-order valence-corrected chi connectivity index (χ1v) is 10.8. The Morgan fingerprint density at radius 2 is 1.81 bits per heavy atom. The molecule has 0 aliphatic carbocycles. The molecule has 2 heterocycles. The van der Waals surface area contributed by atoms with Gasteiger partial charge in [0.2, 0.25) is 0 Å². The fourth-order valence-electron chi connectivity index (χ4n) is 3.55. The quantitative estimate of drug-likeness (QED) is 0.528. The van der Waals surface area contributed by atoms with E-state index in [2.05, 4.69) is 10.1 Å². The monoisotopic (exact) mass is 459 g/mol. The molecule has 6 nitrogen and oxygen atoms in total. The average Bonchev–Trinajstić information content (AvgIpc) is 3.14. The number of amides is 1. The second kappa shape index (κ2) is 9.73. The maximum Gasteiger partial charge on any atom is 0.276 e. The Kier molecular flexibility index (Phi) is 6.80. The lowest BCUT2D eigenvalue weighted by molar-refractivity contribution is 0.0616. The number of carbonyl (C=O) groups is 1. The second-order valence-corrected chi connectivity index (χ2v) is 8.38. The Balaban J connectivity index is 1.36. The Morgan fingerprint density at radius 1 is 1.06 bits per heavy atom. The van der Waals surface area contributed by atoms with Crippen molar-refractivity contribution in [1.82, 2.24) is 15.0 Å². The molecule has 1 amide bonds. The summed E-state index contributed by atoms with van der Waals surface area (Å²) in [6.45, 7) is 5.65. The zero-order valence-corrected chi connectivity index (χ0v) is 18.7. The van der Waals surface area contributed by atoms with Gasteiger partial charge in [-0.1, -0.05) is 46.6 Å². The number of aromatic nitrogens is 1. The summed E-state index contributed by atoms with van der Waals surface area (Å²) in [5.41, 5.74) is 2.18. The highest BCUT2D eigenvalue weighted by atomic mass is 35.5. The SMILES string of the molecule is Cc1onc(C(=O)N2CCN(Cc3ccc(Cl)cc3)CC2)c1COc1cccc(Cl)c1. The van der Waals surface area contributed by atoms with E-state index >= 15 is 0 Å². The van der Waals surface area contributed by atoms with E-state index in [1.807, 2.05) is 41.3 Å². The van der Waals surface area contributed by atoms with Crippen LogP contribution >= 0.6 is 23.2 Å². The van der Waals surface area contributed by atoms with Gasteiger partial charge in [0.15, 0.2) is 5.69 Å². The Morgan fingerprint density at radius 3 is 2.52 bits per heavy atom. The van der Waals surface area contributed by atoms with Gasteiger partial charge >= 0.3 is 0 Å². The van der Waals surface area contributed by atoms with E-state index in [9.17, 15) is 4.79 Å². The van der Waals surface area contributed by atoms with Crippen LogP contribution in [-0.4, -0.2) is 47.0 Å². The number of benzene rings is 2. The van der Waals surface area contributed by atoms with Crippen LogP contribution in [0.25, 0.3) is 0 Å². The smallest absolute Gasteiger partial charge is 0.276 e. The van der Waals surface area contributed by atoms with Gasteiger partial charge in [-0.15, -0.1) is 0 Å². The highest BCUT2D eigenvalue weighted by Crippen LogP contribution is 2.22. The molecule has 1 fully saturated rings. The third kappa shape index (κ3) is 5.39. The molecule has 2 aromatic carbocycles. The lowest BCUT2D eigenvalue weighted by Gasteiger charge is -2.34. The summed E-state index contributed by atoms with van der Waals surface area (Å²) in [6, 6.07) is 15.0. The number of nitrogens with zero attached hydrogens (tertiary/aromatic N) is 3.